The van der Waals surface area contributed by atoms with Crippen LogP contribution in [0.3, 0.4) is 0 Å². The molecule has 1 amide bonds. The third-order valence-electron chi connectivity index (χ3n) is 4.93. The summed E-state index contributed by atoms with van der Waals surface area (Å²) in [7, 11) is 0. The van der Waals surface area contributed by atoms with Crippen LogP contribution in [-0.4, -0.2) is 50.1 Å². The van der Waals surface area contributed by atoms with E-state index < -0.39 is 0 Å². The molecule has 4 N–H and O–H groups in total. The van der Waals surface area contributed by atoms with E-state index in [1.165, 1.54) is 0 Å². The van der Waals surface area contributed by atoms with Gasteiger partial charge in [-0.25, -0.2) is 4.98 Å². The van der Waals surface area contributed by atoms with Gasteiger partial charge in [-0.3, -0.25) is 14.6 Å². The van der Waals surface area contributed by atoms with Crippen LogP contribution in [0.2, 0.25) is 0 Å². The molecule has 0 radical (unpaired) electrons. The second-order valence-corrected chi connectivity index (χ2v) is 6.91. The van der Waals surface area contributed by atoms with E-state index in [2.05, 4.69) is 25.6 Å². The Balaban J connectivity index is 1.48. The third kappa shape index (κ3) is 2.95. The van der Waals surface area contributed by atoms with Crippen LogP contribution in [0, 0.1) is 0 Å². The lowest BCUT2D eigenvalue weighted by Gasteiger charge is -2.10. The summed E-state index contributed by atoms with van der Waals surface area (Å²) in [6.07, 6.45) is 4.46. The summed E-state index contributed by atoms with van der Waals surface area (Å²) in [6.45, 7) is 1.37. The molecule has 9 heteroatoms. The number of amides is 1. The van der Waals surface area contributed by atoms with Crippen molar-refractivity contribution in [3.05, 3.63) is 36.7 Å². The van der Waals surface area contributed by atoms with Gasteiger partial charge in [-0.1, -0.05) is 12.1 Å². The number of fused-ring (bicyclic) bond motifs is 3. The van der Waals surface area contributed by atoms with Crippen LogP contribution >= 0.6 is 0 Å². The van der Waals surface area contributed by atoms with Gasteiger partial charge < -0.3 is 15.8 Å². The zero-order valence-electron chi connectivity index (χ0n) is 15.1. The van der Waals surface area contributed by atoms with E-state index in [1.54, 1.807) is 10.9 Å². The number of pyridine rings is 1. The lowest BCUT2D eigenvalue weighted by atomic mass is 10.1. The molecule has 4 aromatic rings. The second-order valence-electron chi connectivity index (χ2n) is 6.91. The maximum atomic E-state index is 12.3. The topological polar surface area (TPSA) is 124 Å². The van der Waals surface area contributed by atoms with Crippen molar-refractivity contribution in [1.29, 1.82) is 0 Å². The lowest BCUT2D eigenvalue weighted by Crippen LogP contribution is -2.37. The highest BCUT2D eigenvalue weighted by Gasteiger charge is 2.19. The van der Waals surface area contributed by atoms with Gasteiger partial charge >= 0.3 is 0 Å². The molecule has 1 aliphatic heterocycles. The number of ether oxygens (including phenoxy) is 1. The minimum Gasteiger partial charge on any atom is -0.382 e. The van der Waals surface area contributed by atoms with Crippen molar-refractivity contribution in [2.75, 3.05) is 18.9 Å². The van der Waals surface area contributed by atoms with E-state index in [0.29, 0.717) is 24.5 Å². The molecule has 1 fully saturated rings. The van der Waals surface area contributed by atoms with Gasteiger partial charge in [0.25, 0.3) is 0 Å². The first-order valence-electron chi connectivity index (χ1n) is 9.11. The molecule has 0 unspecified atom stereocenters. The molecule has 0 aliphatic carbocycles. The second kappa shape index (κ2) is 6.61. The van der Waals surface area contributed by atoms with Crippen molar-refractivity contribution >= 4 is 33.5 Å². The Morgan fingerprint density at radius 1 is 1.36 bits per heavy atom. The summed E-state index contributed by atoms with van der Waals surface area (Å²) in [5.41, 5.74) is 9.29. The Morgan fingerprint density at radius 3 is 3.07 bits per heavy atom. The quantitative estimate of drug-likeness (QED) is 0.495. The molecular weight excluding hydrogens is 358 g/mol. The number of nitrogens with two attached hydrogens (primary N) is 1. The molecule has 9 nitrogen and oxygen atoms in total. The van der Waals surface area contributed by atoms with E-state index >= 15 is 0 Å². The van der Waals surface area contributed by atoms with Gasteiger partial charge in [0.1, 0.15) is 12.1 Å². The first-order chi connectivity index (χ1) is 13.7. The Morgan fingerprint density at radius 2 is 2.29 bits per heavy atom. The maximum absolute atomic E-state index is 12.3. The Hall–Kier alpha value is -3.46. The molecular formula is C19H19N7O2. The van der Waals surface area contributed by atoms with Gasteiger partial charge in [-0.15, -0.1) is 0 Å². The van der Waals surface area contributed by atoms with E-state index in [1.807, 2.05) is 30.5 Å². The van der Waals surface area contributed by atoms with Crippen molar-refractivity contribution in [1.82, 2.24) is 30.3 Å². The number of hydrogen-bond donors (Lipinski definition) is 3. The van der Waals surface area contributed by atoms with Crippen LogP contribution in [-0.2, 0) is 16.1 Å². The smallest absolute Gasteiger partial charge is 0.242 e. The molecule has 142 valence electrons. The predicted octanol–water partition coefficient (Wildman–Crippen LogP) is 1.46. The zero-order valence-corrected chi connectivity index (χ0v) is 15.1. The first kappa shape index (κ1) is 16.7. The van der Waals surface area contributed by atoms with E-state index in [9.17, 15) is 4.79 Å². The van der Waals surface area contributed by atoms with Crippen molar-refractivity contribution in [2.45, 2.75) is 19.0 Å². The fourth-order valence-electron chi connectivity index (χ4n) is 3.57. The number of carbonyl (C=O) groups is 1. The summed E-state index contributed by atoms with van der Waals surface area (Å²) in [5, 5.41) is 16.2. The first-order valence-corrected chi connectivity index (χ1v) is 9.11. The van der Waals surface area contributed by atoms with Crippen LogP contribution < -0.4 is 11.1 Å². The highest BCUT2D eigenvalue weighted by atomic mass is 16.5. The summed E-state index contributed by atoms with van der Waals surface area (Å²) in [5.74, 6) is 0.241. The normalized spacial score (nSPS) is 16.8. The van der Waals surface area contributed by atoms with Crippen molar-refractivity contribution in [2.24, 2.45) is 0 Å². The number of H-pyrrole nitrogens is 1. The summed E-state index contributed by atoms with van der Waals surface area (Å²) >= 11 is 0. The van der Waals surface area contributed by atoms with Gasteiger partial charge in [-0.2, -0.15) is 10.2 Å². The third-order valence-corrected chi connectivity index (χ3v) is 4.93. The van der Waals surface area contributed by atoms with Crippen molar-refractivity contribution in [3.63, 3.8) is 0 Å². The van der Waals surface area contributed by atoms with Gasteiger partial charge in [0, 0.05) is 35.3 Å². The van der Waals surface area contributed by atoms with Crippen molar-refractivity contribution in [3.8, 4) is 11.3 Å². The number of nitrogens with zero attached hydrogens (tertiary/aromatic N) is 4. The number of carbonyl (C=O) groups excluding carboxylic acids is 1. The molecule has 1 aliphatic rings. The summed E-state index contributed by atoms with van der Waals surface area (Å²) in [4.78, 5) is 16.8. The van der Waals surface area contributed by atoms with E-state index in [0.717, 1.165) is 34.0 Å². The van der Waals surface area contributed by atoms with E-state index in [-0.39, 0.29) is 18.5 Å². The van der Waals surface area contributed by atoms with Crippen LogP contribution in [0.5, 0.6) is 0 Å². The molecule has 1 saturated heterocycles. The van der Waals surface area contributed by atoms with Crippen LogP contribution in [0.4, 0.5) is 5.82 Å². The van der Waals surface area contributed by atoms with Crippen LogP contribution in [0.1, 0.15) is 6.42 Å². The Bertz CT molecular complexity index is 1160. The molecule has 0 saturated carbocycles. The molecule has 3 aromatic heterocycles. The summed E-state index contributed by atoms with van der Waals surface area (Å²) < 4.78 is 6.89. The molecule has 0 bridgehead atoms. The number of aromatic nitrogens is 5. The molecule has 1 atom stereocenters. The van der Waals surface area contributed by atoms with Gasteiger partial charge in [0.05, 0.1) is 23.9 Å². The minimum atomic E-state index is -0.0973. The highest BCUT2D eigenvalue weighted by Crippen LogP contribution is 2.29. The SMILES string of the molecule is Nc1nc2cc(-c3cc[nH]n3)ccc2c2cn(CC(=O)N[C@@H]3CCOC3)nc12. The number of aromatic amines is 1. The number of rotatable bonds is 4. The number of benzene rings is 1. The maximum Gasteiger partial charge on any atom is 0.242 e. The van der Waals surface area contributed by atoms with Crippen LogP contribution in [0.15, 0.2) is 36.7 Å². The average Bonchev–Trinajstić information content (AvgIpc) is 3.43. The van der Waals surface area contributed by atoms with Gasteiger partial charge in [0.15, 0.2) is 5.82 Å². The zero-order chi connectivity index (χ0) is 19.1. The lowest BCUT2D eigenvalue weighted by molar-refractivity contribution is -0.122. The van der Waals surface area contributed by atoms with Gasteiger partial charge in [0.2, 0.25) is 5.91 Å². The Kier molecular flexibility index (Phi) is 3.94. The van der Waals surface area contributed by atoms with Gasteiger partial charge in [-0.05, 0) is 18.6 Å². The average molecular weight is 377 g/mol. The standard InChI is InChI=1S/C19H19N7O2/c20-19-18-14(8-26(25-18)9-17(27)22-12-4-6-28-10-12)13-2-1-11(7-16(13)23-19)15-3-5-21-24-15/h1-3,5,7-8,12H,4,6,9-10H2,(H2,20,23)(H,21,24)(H,22,27)/t12-/m1/s1. The summed E-state index contributed by atoms with van der Waals surface area (Å²) in [6, 6.07) is 7.89. The molecule has 28 heavy (non-hydrogen) atoms. The van der Waals surface area contributed by atoms with Crippen LogP contribution in [0.25, 0.3) is 33.1 Å². The monoisotopic (exact) mass is 377 g/mol. The number of nitrogens with one attached hydrogen (secondary N) is 2. The van der Waals surface area contributed by atoms with Crippen molar-refractivity contribution < 1.29 is 9.53 Å². The number of anilines is 1. The number of nitrogen functional groups attached to an aromatic ring is 1. The minimum absolute atomic E-state index is 0.0745. The largest absolute Gasteiger partial charge is 0.382 e. The highest BCUT2D eigenvalue weighted by molar-refractivity contribution is 6.08. The fraction of sp³-hybridized carbons (Fsp3) is 0.263. The predicted molar refractivity (Wildman–Crippen MR) is 104 cm³/mol. The fourth-order valence-corrected chi connectivity index (χ4v) is 3.57. The molecule has 4 heterocycles. The number of hydrogen-bond acceptors (Lipinski definition) is 6. The molecule has 0 spiro atoms. The molecule has 1 aromatic carbocycles. The molecule has 5 rings (SSSR count). The Labute approximate surface area is 159 Å². The van der Waals surface area contributed by atoms with E-state index in [4.69, 9.17) is 10.5 Å².